The van der Waals surface area contributed by atoms with Gasteiger partial charge in [-0.05, 0) is 47.0 Å². The van der Waals surface area contributed by atoms with Gasteiger partial charge in [-0.3, -0.25) is 9.10 Å². The van der Waals surface area contributed by atoms with Crippen molar-refractivity contribution in [2.24, 2.45) is 0 Å². The quantitative estimate of drug-likeness (QED) is 0.794. The summed E-state index contributed by atoms with van der Waals surface area (Å²) in [5, 5.41) is 2.74. The number of carbonyl (C=O) groups excluding carboxylic acids is 1. The maximum Gasteiger partial charge on any atom is 0.232 e. The summed E-state index contributed by atoms with van der Waals surface area (Å²) in [6.07, 6.45) is 2.13. The van der Waals surface area contributed by atoms with Crippen LogP contribution in [0.15, 0.2) is 22.7 Å². The molecule has 0 saturated heterocycles. The maximum absolute atomic E-state index is 12.0. The Hall–Kier alpha value is -1.08. The Morgan fingerprint density at radius 3 is 2.57 bits per heavy atom. The molecule has 0 aliphatic rings. The Kier molecular flexibility index (Phi) is 6.67. The predicted molar refractivity (Wildman–Crippen MR) is 89.0 cm³/mol. The van der Waals surface area contributed by atoms with E-state index in [1.165, 1.54) is 4.31 Å². The van der Waals surface area contributed by atoms with Gasteiger partial charge < -0.3 is 5.32 Å². The van der Waals surface area contributed by atoms with Crippen molar-refractivity contribution < 1.29 is 13.2 Å². The number of anilines is 1. The fourth-order valence-corrected chi connectivity index (χ4v) is 3.60. The Labute approximate surface area is 134 Å². The zero-order chi connectivity index (χ0) is 16.0. The number of aryl methyl sites for hydroxylation is 1. The summed E-state index contributed by atoms with van der Waals surface area (Å²) in [4.78, 5) is 11.7. The van der Waals surface area contributed by atoms with Crippen LogP contribution in [0.25, 0.3) is 0 Å². The predicted octanol–water partition coefficient (Wildman–Crippen LogP) is 2.44. The second-order valence-corrected chi connectivity index (χ2v) is 7.65. The molecule has 0 aromatic heterocycles. The van der Waals surface area contributed by atoms with Crippen LogP contribution in [0.3, 0.4) is 0 Å². The lowest BCUT2D eigenvalue weighted by Crippen LogP contribution is -2.35. The molecule has 0 aliphatic heterocycles. The monoisotopic (exact) mass is 376 g/mol. The highest BCUT2D eigenvalue weighted by molar-refractivity contribution is 9.10. The van der Waals surface area contributed by atoms with Crippen molar-refractivity contribution in [1.82, 2.24) is 5.32 Å². The number of nitrogens with zero attached hydrogens (tertiary/aromatic N) is 1. The highest BCUT2D eigenvalue weighted by Crippen LogP contribution is 2.29. The number of carbonyl (C=O) groups is 1. The number of hydrogen-bond donors (Lipinski definition) is 1. The van der Waals surface area contributed by atoms with Gasteiger partial charge in [0.15, 0.2) is 0 Å². The molecule has 0 saturated carbocycles. The van der Waals surface area contributed by atoms with E-state index in [2.05, 4.69) is 21.2 Å². The van der Waals surface area contributed by atoms with E-state index in [-0.39, 0.29) is 18.9 Å². The average Bonchev–Trinajstić information content (AvgIpc) is 2.37. The lowest BCUT2D eigenvalue weighted by Gasteiger charge is -2.23. The molecular weight excluding hydrogens is 356 g/mol. The van der Waals surface area contributed by atoms with Gasteiger partial charge >= 0.3 is 0 Å². The van der Waals surface area contributed by atoms with E-state index < -0.39 is 10.0 Å². The number of hydrogen-bond acceptors (Lipinski definition) is 3. The molecule has 0 unspecified atom stereocenters. The van der Waals surface area contributed by atoms with Gasteiger partial charge in [-0.25, -0.2) is 8.42 Å². The topological polar surface area (TPSA) is 66.5 Å². The first-order valence-corrected chi connectivity index (χ1v) is 9.40. The van der Waals surface area contributed by atoms with Crippen molar-refractivity contribution in [1.29, 1.82) is 0 Å². The molecule has 1 N–H and O–H groups in total. The summed E-state index contributed by atoms with van der Waals surface area (Å²) in [5.41, 5.74) is 1.58. The number of sulfonamides is 1. The van der Waals surface area contributed by atoms with Crippen molar-refractivity contribution >= 4 is 37.5 Å². The van der Waals surface area contributed by atoms with E-state index in [4.69, 9.17) is 0 Å². The Balaban J connectivity index is 2.90. The van der Waals surface area contributed by atoms with Gasteiger partial charge in [0.1, 0.15) is 0 Å². The number of amides is 1. The van der Waals surface area contributed by atoms with Crippen molar-refractivity contribution in [2.75, 3.05) is 23.7 Å². The highest BCUT2D eigenvalue weighted by Gasteiger charge is 2.20. The lowest BCUT2D eigenvalue weighted by atomic mass is 10.2. The smallest absolute Gasteiger partial charge is 0.232 e. The van der Waals surface area contributed by atoms with Crippen molar-refractivity contribution in [3.63, 3.8) is 0 Å². The molecule has 0 radical (unpaired) electrons. The van der Waals surface area contributed by atoms with Gasteiger partial charge in [-0.2, -0.15) is 0 Å². The van der Waals surface area contributed by atoms with Crippen LogP contribution >= 0.6 is 15.9 Å². The second-order valence-electron chi connectivity index (χ2n) is 4.89. The van der Waals surface area contributed by atoms with Gasteiger partial charge in [0.25, 0.3) is 0 Å². The molecule has 0 heterocycles. The Morgan fingerprint density at radius 1 is 1.38 bits per heavy atom. The van der Waals surface area contributed by atoms with Crippen LogP contribution in [0.5, 0.6) is 0 Å². The van der Waals surface area contributed by atoms with Crippen LogP contribution in [0.4, 0.5) is 5.69 Å². The SMILES string of the molecule is CCCNC(=O)CCN(c1ccc(C)cc1Br)S(C)(=O)=O. The molecule has 118 valence electrons. The Bertz CT molecular complexity index is 602. The highest BCUT2D eigenvalue weighted by atomic mass is 79.9. The molecule has 1 amide bonds. The zero-order valence-electron chi connectivity index (χ0n) is 12.5. The van der Waals surface area contributed by atoms with Crippen LogP contribution in [0.1, 0.15) is 25.3 Å². The van der Waals surface area contributed by atoms with Gasteiger partial charge in [0.2, 0.25) is 15.9 Å². The van der Waals surface area contributed by atoms with Gasteiger partial charge in [-0.1, -0.05) is 13.0 Å². The minimum atomic E-state index is -3.45. The largest absolute Gasteiger partial charge is 0.356 e. The van der Waals surface area contributed by atoms with Crippen LogP contribution in [-0.4, -0.2) is 33.7 Å². The summed E-state index contributed by atoms with van der Waals surface area (Å²) >= 11 is 3.38. The van der Waals surface area contributed by atoms with Gasteiger partial charge in [-0.15, -0.1) is 0 Å². The molecule has 5 nitrogen and oxygen atoms in total. The molecule has 0 aliphatic carbocycles. The minimum absolute atomic E-state index is 0.121. The second kappa shape index (κ2) is 7.79. The van der Waals surface area contributed by atoms with E-state index in [9.17, 15) is 13.2 Å². The minimum Gasteiger partial charge on any atom is -0.356 e. The van der Waals surface area contributed by atoms with E-state index in [0.29, 0.717) is 16.7 Å². The van der Waals surface area contributed by atoms with Crippen molar-refractivity contribution in [3.05, 3.63) is 28.2 Å². The van der Waals surface area contributed by atoms with Crippen molar-refractivity contribution in [2.45, 2.75) is 26.7 Å². The fourth-order valence-electron chi connectivity index (χ4n) is 1.84. The van der Waals surface area contributed by atoms with Crippen molar-refractivity contribution in [3.8, 4) is 0 Å². The molecular formula is C14H21BrN2O3S. The third kappa shape index (κ3) is 5.67. The molecule has 1 aromatic rings. The van der Waals surface area contributed by atoms with Crippen LogP contribution in [0.2, 0.25) is 0 Å². The molecule has 7 heteroatoms. The van der Waals surface area contributed by atoms with E-state index >= 15 is 0 Å². The lowest BCUT2D eigenvalue weighted by molar-refractivity contribution is -0.120. The molecule has 21 heavy (non-hydrogen) atoms. The Morgan fingerprint density at radius 2 is 2.05 bits per heavy atom. The maximum atomic E-state index is 12.0. The van der Waals surface area contributed by atoms with E-state index in [1.54, 1.807) is 6.07 Å². The summed E-state index contributed by atoms with van der Waals surface area (Å²) in [5.74, 6) is -0.145. The first-order chi connectivity index (χ1) is 9.75. The number of benzene rings is 1. The normalized spacial score (nSPS) is 11.2. The molecule has 0 fully saturated rings. The molecule has 1 rings (SSSR count). The van der Waals surface area contributed by atoms with Crippen LogP contribution in [0, 0.1) is 6.92 Å². The third-order valence-electron chi connectivity index (χ3n) is 2.89. The van der Waals surface area contributed by atoms with Gasteiger partial charge in [0, 0.05) is 24.0 Å². The fraction of sp³-hybridized carbons (Fsp3) is 0.500. The first-order valence-electron chi connectivity index (χ1n) is 6.76. The molecule has 0 atom stereocenters. The summed E-state index contributed by atoms with van der Waals surface area (Å²) in [7, 11) is -3.45. The van der Waals surface area contributed by atoms with Crippen LogP contribution < -0.4 is 9.62 Å². The summed E-state index contributed by atoms with van der Waals surface area (Å²) in [6.45, 7) is 4.62. The number of nitrogens with one attached hydrogen (secondary N) is 1. The zero-order valence-corrected chi connectivity index (χ0v) is 14.9. The third-order valence-corrected chi connectivity index (χ3v) is 4.70. The number of halogens is 1. The van der Waals surface area contributed by atoms with E-state index in [1.807, 2.05) is 26.0 Å². The average molecular weight is 377 g/mol. The summed E-state index contributed by atoms with van der Waals surface area (Å²) in [6, 6.07) is 5.44. The standard InChI is InChI=1S/C14H21BrN2O3S/c1-4-8-16-14(18)7-9-17(21(3,19)20)13-6-5-11(2)10-12(13)15/h5-6,10H,4,7-9H2,1-3H3,(H,16,18). The van der Waals surface area contributed by atoms with Crippen LogP contribution in [-0.2, 0) is 14.8 Å². The molecule has 0 spiro atoms. The molecule has 1 aromatic carbocycles. The van der Waals surface area contributed by atoms with Gasteiger partial charge in [0.05, 0.1) is 11.9 Å². The van der Waals surface area contributed by atoms with E-state index in [0.717, 1.165) is 18.2 Å². The molecule has 0 bridgehead atoms. The summed E-state index contributed by atoms with van der Waals surface area (Å²) < 4.78 is 25.9. The first kappa shape index (κ1) is 18.0. The number of rotatable bonds is 7.